The topological polar surface area (TPSA) is 124 Å². The number of pyridine rings is 2. The van der Waals surface area contributed by atoms with Crippen LogP contribution in [0.25, 0.3) is 16.2 Å². The Hall–Kier alpha value is -2.82. The second-order valence-corrected chi connectivity index (χ2v) is 7.78. The molecule has 0 aromatic carbocycles. The highest BCUT2D eigenvalue weighted by atomic mass is 32.1. The summed E-state index contributed by atoms with van der Waals surface area (Å²) in [5.41, 5.74) is 5.17. The molecule has 0 spiro atoms. The van der Waals surface area contributed by atoms with Gasteiger partial charge in [0.1, 0.15) is 11.4 Å². The van der Waals surface area contributed by atoms with E-state index in [-0.39, 0.29) is 17.0 Å². The Kier molecular flexibility index (Phi) is 4.41. The molecule has 1 saturated heterocycles. The lowest BCUT2D eigenvalue weighted by atomic mass is 10.0. The van der Waals surface area contributed by atoms with Crippen molar-refractivity contribution in [2.45, 2.75) is 18.6 Å². The molecule has 0 amide bonds. The van der Waals surface area contributed by atoms with Crippen LogP contribution in [0.2, 0.25) is 0 Å². The molecule has 9 nitrogen and oxygen atoms in total. The van der Waals surface area contributed by atoms with E-state index in [0.29, 0.717) is 29.7 Å². The highest BCUT2D eigenvalue weighted by Crippen LogP contribution is 2.28. The molecule has 10 heteroatoms. The molecule has 1 aliphatic rings. The fourth-order valence-corrected chi connectivity index (χ4v) is 4.00. The third-order valence-corrected chi connectivity index (χ3v) is 5.96. The van der Waals surface area contributed by atoms with Gasteiger partial charge in [-0.15, -0.1) is 11.3 Å². The zero-order chi connectivity index (χ0) is 20.1. The van der Waals surface area contributed by atoms with Gasteiger partial charge in [0.15, 0.2) is 10.8 Å². The van der Waals surface area contributed by atoms with Gasteiger partial charge in [-0.1, -0.05) is 0 Å². The lowest BCUT2D eigenvalue weighted by Gasteiger charge is -2.26. The van der Waals surface area contributed by atoms with Gasteiger partial charge in [-0.3, -0.25) is 9.36 Å². The Bertz CT molecular complexity index is 1110. The van der Waals surface area contributed by atoms with Gasteiger partial charge in [0.2, 0.25) is 5.43 Å². The molecule has 3 N–H and O–H groups in total. The van der Waals surface area contributed by atoms with E-state index in [0.717, 1.165) is 0 Å². The third kappa shape index (κ3) is 2.86. The van der Waals surface area contributed by atoms with Crippen molar-refractivity contribution in [3.05, 3.63) is 45.7 Å². The quantitative estimate of drug-likeness (QED) is 0.666. The number of carboxylic acid groups (broad SMARTS) is 1. The van der Waals surface area contributed by atoms with Gasteiger partial charge in [0, 0.05) is 38.0 Å². The number of nitrogens with two attached hydrogens (primary N) is 1. The molecule has 1 aliphatic heterocycles. The first-order valence-corrected chi connectivity index (χ1v) is 9.47. The first-order chi connectivity index (χ1) is 13.3. The molecular weight excluding hydrogens is 382 g/mol. The highest BCUT2D eigenvalue weighted by Gasteiger charge is 2.41. The molecule has 0 bridgehead atoms. The van der Waals surface area contributed by atoms with Crippen molar-refractivity contribution in [2.24, 2.45) is 5.73 Å². The van der Waals surface area contributed by atoms with Gasteiger partial charge in [-0.25, -0.2) is 14.8 Å². The van der Waals surface area contributed by atoms with Crippen LogP contribution >= 0.6 is 11.3 Å². The van der Waals surface area contributed by atoms with E-state index in [1.165, 1.54) is 17.5 Å². The molecule has 4 rings (SSSR count). The summed E-state index contributed by atoms with van der Waals surface area (Å²) in [7, 11) is 1.63. The van der Waals surface area contributed by atoms with Crippen molar-refractivity contribution in [2.75, 3.05) is 25.1 Å². The number of ether oxygens (including phenoxy) is 1. The van der Waals surface area contributed by atoms with Crippen LogP contribution in [-0.2, 0) is 4.74 Å². The maximum absolute atomic E-state index is 12.6. The van der Waals surface area contributed by atoms with E-state index in [2.05, 4.69) is 9.97 Å². The predicted molar refractivity (Wildman–Crippen MR) is 106 cm³/mol. The van der Waals surface area contributed by atoms with Crippen LogP contribution in [0.15, 0.2) is 34.7 Å². The molecule has 2 unspecified atom stereocenters. The Morgan fingerprint density at radius 3 is 2.86 bits per heavy atom. The number of methoxy groups -OCH3 is 1. The summed E-state index contributed by atoms with van der Waals surface area (Å²) < 4.78 is 7.11. The number of aromatic carboxylic acids is 1. The molecule has 0 aliphatic carbocycles. The van der Waals surface area contributed by atoms with Crippen LogP contribution in [0.1, 0.15) is 17.3 Å². The molecular formula is C18H19N5O4S. The van der Waals surface area contributed by atoms with E-state index in [4.69, 9.17) is 10.5 Å². The number of nitrogens with zero attached hydrogens (tertiary/aromatic N) is 4. The van der Waals surface area contributed by atoms with Gasteiger partial charge >= 0.3 is 5.97 Å². The van der Waals surface area contributed by atoms with E-state index < -0.39 is 17.0 Å². The molecule has 28 heavy (non-hydrogen) atoms. The second kappa shape index (κ2) is 6.66. The van der Waals surface area contributed by atoms with Crippen LogP contribution in [0, 0.1) is 0 Å². The lowest BCUT2D eigenvalue weighted by molar-refractivity contribution is 0.0129. The number of hydrogen-bond acceptors (Lipinski definition) is 8. The van der Waals surface area contributed by atoms with Crippen LogP contribution < -0.4 is 16.1 Å². The zero-order valence-electron chi connectivity index (χ0n) is 15.3. The Labute approximate surface area is 164 Å². The number of hydrogen-bond donors (Lipinski definition) is 2. The Balaban J connectivity index is 1.90. The molecule has 4 heterocycles. The predicted octanol–water partition coefficient (Wildman–Crippen LogP) is 1.09. The summed E-state index contributed by atoms with van der Waals surface area (Å²) in [6, 6.07) is 3.12. The maximum Gasteiger partial charge on any atom is 0.341 e. The van der Waals surface area contributed by atoms with Crippen LogP contribution in [0.3, 0.4) is 0 Å². The minimum absolute atomic E-state index is 0.189. The first kappa shape index (κ1) is 18.5. The van der Waals surface area contributed by atoms with E-state index in [1.807, 2.05) is 11.8 Å². The molecule has 3 aromatic rings. The van der Waals surface area contributed by atoms with Crippen molar-refractivity contribution in [3.8, 4) is 5.13 Å². The summed E-state index contributed by atoms with van der Waals surface area (Å²) >= 11 is 1.32. The fourth-order valence-electron chi connectivity index (χ4n) is 3.38. The van der Waals surface area contributed by atoms with Crippen molar-refractivity contribution < 1.29 is 14.6 Å². The van der Waals surface area contributed by atoms with E-state index in [1.54, 1.807) is 35.4 Å². The fraction of sp³-hybridized carbons (Fsp3) is 0.333. The first-order valence-electron chi connectivity index (χ1n) is 8.59. The summed E-state index contributed by atoms with van der Waals surface area (Å²) in [5.74, 6) is -0.654. The second-order valence-electron chi connectivity index (χ2n) is 6.91. The standard InChI is InChI=1S/C18H19N5O4S/c1-18(27-2)9-22(8-12(18)19)13-4-3-10-14(24)11(16(25)26)7-23(15(10)21-13)17-20-5-6-28-17/h3-7,12H,8-9,19H2,1-2H3,(H,25,26). The summed E-state index contributed by atoms with van der Waals surface area (Å²) in [4.78, 5) is 35.0. The average Bonchev–Trinajstić information content (AvgIpc) is 3.30. The molecule has 0 radical (unpaired) electrons. The van der Waals surface area contributed by atoms with E-state index in [9.17, 15) is 14.7 Å². The van der Waals surface area contributed by atoms with Gasteiger partial charge < -0.3 is 20.5 Å². The molecule has 2 atom stereocenters. The Morgan fingerprint density at radius 2 is 2.25 bits per heavy atom. The maximum atomic E-state index is 12.6. The number of carboxylic acids is 1. The van der Waals surface area contributed by atoms with Crippen LogP contribution in [0.5, 0.6) is 0 Å². The minimum Gasteiger partial charge on any atom is -0.477 e. The summed E-state index contributed by atoms with van der Waals surface area (Å²) in [6.45, 7) is 3.05. The van der Waals surface area contributed by atoms with Crippen molar-refractivity contribution in [1.29, 1.82) is 0 Å². The largest absolute Gasteiger partial charge is 0.477 e. The SMILES string of the molecule is COC1(C)CN(c2ccc3c(=O)c(C(=O)O)cn(-c4nccs4)c3n2)CC1N. The number of fused-ring (bicyclic) bond motifs is 1. The average molecular weight is 401 g/mol. The van der Waals surface area contributed by atoms with Crippen LogP contribution in [0.4, 0.5) is 5.82 Å². The minimum atomic E-state index is -1.29. The number of anilines is 1. The lowest BCUT2D eigenvalue weighted by Crippen LogP contribution is -2.45. The third-order valence-electron chi connectivity index (χ3n) is 5.19. The molecule has 3 aromatic heterocycles. The van der Waals surface area contributed by atoms with Gasteiger partial charge in [0.25, 0.3) is 0 Å². The number of thiazole rings is 1. The number of carbonyl (C=O) groups is 1. The van der Waals surface area contributed by atoms with Crippen LogP contribution in [-0.4, -0.2) is 57.5 Å². The molecule has 1 fully saturated rings. The summed E-state index contributed by atoms with van der Waals surface area (Å²) in [6.07, 6.45) is 2.88. The zero-order valence-corrected chi connectivity index (χ0v) is 16.1. The van der Waals surface area contributed by atoms with Crippen molar-refractivity contribution in [1.82, 2.24) is 14.5 Å². The van der Waals surface area contributed by atoms with Gasteiger partial charge in [0.05, 0.1) is 17.0 Å². The molecule has 146 valence electrons. The van der Waals surface area contributed by atoms with Crippen molar-refractivity contribution in [3.63, 3.8) is 0 Å². The highest BCUT2D eigenvalue weighted by molar-refractivity contribution is 7.12. The van der Waals surface area contributed by atoms with Gasteiger partial charge in [-0.2, -0.15) is 0 Å². The Morgan fingerprint density at radius 1 is 1.46 bits per heavy atom. The number of aromatic nitrogens is 3. The van der Waals surface area contributed by atoms with Crippen molar-refractivity contribution >= 4 is 34.2 Å². The smallest absolute Gasteiger partial charge is 0.341 e. The molecule has 0 saturated carbocycles. The normalized spacial score (nSPS) is 22.1. The number of rotatable bonds is 4. The van der Waals surface area contributed by atoms with E-state index >= 15 is 0 Å². The summed E-state index contributed by atoms with van der Waals surface area (Å²) in [5, 5.41) is 11.9. The van der Waals surface area contributed by atoms with Gasteiger partial charge in [-0.05, 0) is 19.1 Å². The monoisotopic (exact) mass is 401 g/mol.